The lowest BCUT2D eigenvalue weighted by Gasteiger charge is -2.40. The molecule has 0 radical (unpaired) electrons. The van der Waals surface area contributed by atoms with Gasteiger partial charge in [-0.3, -0.25) is 4.79 Å². The second-order valence-corrected chi connectivity index (χ2v) is 7.15. The van der Waals surface area contributed by atoms with Crippen LogP contribution in [0.2, 0.25) is 0 Å². The van der Waals surface area contributed by atoms with Gasteiger partial charge in [-0.2, -0.15) is 0 Å². The predicted molar refractivity (Wildman–Crippen MR) is 106 cm³/mol. The van der Waals surface area contributed by atoms with E-state index in [2.05, 4.69) is 4.98 Å². The number of amides is 1. The number of aromatic nitrogens is 1. The molecule has 0 spiro atoms. The first kappa shape index (κ1) is 19.0. The zero-order valence-electron chi connectivity index (χ0n) is 15.1. The van der Waals surface area contributed by atoms with E-state index in [1.165, 1.54) is 17.0 Å². The van der Waals surface area contributed by atoms with Gasteiger partial charge in [0.25, 0.3) is 0 Å². The van der Waals surface area contributed by atoms with Gasteiger partial charge in [0.2, 0.25) is 5.91 Å². The van der Waals surface area contributed by atoms with E-state index in [1.807, 2.05) is 24.3 Å². The number of hydrogen-bond donors (Lipinski definition) is 3. The molecule has 4 rings (SSSR count). The standard InChI is InChI=1S/C21H17ClN2O5/c22-10-17(25)24-16(21(28)29)9-14-13-3-1-2-4-15(13)23-18(14)19(24)11-5-7-12(8-6-11)20(26)27/h1-8,16,19,23H,9-10H2,(H,26,27)(H,28,29)/t16-,19+/m1/s1. The molecule has 3 N–H and O–H groups in total. The monoisotopic (exact) mass is 412 g/mol. The Balaban J connectivity index is 1.95. The van der Waals surface area contributed by atoms with E-state index in [4.69, 9.17) is 16.7 Å². The van der Waals surface area contributed by atoms with Crippen molar-refractivity contribution >= 4 is 40.3 Å². The lowest BCUT2D eigenvalue weighted by Crippen LogP contribution is -2.52. The summed E-state index contributed by atoms with van der Waals surface area (Å²) in [6, 6.07) is 11.8. The number of carboxylic acids is 2. The maximum atomic E-state index is 12.7. The topological polar surface area (TPSA) is 111 Å². The van der Waals surface area contributed by atoms with Crippen molar-refractivity contribution in [3.63, 3.8) is 0 Å². The third-order valence-corrected chi connectivity index (χ3v) is 5.52. The van der Waals surface area contributed by atoms with Gasteiger partial charge in [0.1, 0.15) is 11.9 Å². The van der Waals surface area contributed by atoms with E-state index < -0.39 is 29.9 Å². The number of fused-ring (bicyclic) bond motifs is 3. The molecule has 1 aliphatic rings. The van der Waals surface area contributed by atoms with Crippen LogP contribution in [-0.4, -0.2) is 49.9 Å². The lowest BCUT2D eigenvalue weighted by molar-refractivity contribution is -0.151. The smallest absolute Gasteiger partial charge is 0.335 e. The summed E-state index contributed by atoms with van der Waals surface area (Å²) in [5.74, 6) is -3.05. The Bertz CT molecular complexity index is 1120. The van der Waals surface area contributed by atoms with Crippen LogP contribution < -0.4 is 0 Å². The zero-order chi connectivity index (χ0) is 20.7. The van der Waals surface area contributed by atoms with E-state index in [0.29, 0.717) is 11.3 Å². The second-order valence-electron chi connectivity index (χ2n) is 6.89. The highest BCUT2D eigenvalue weighted by Gasteiger charge is 2.43. The van der Waals surface area contributed by atoms with E-state index in [-0.39, 0.29) is 17.9 Å². The lowest BCUT2D eigenvalue weighted by atomic mass is 9.87. The number of nitrogens with one attached hydrogen (secondary N) is 1. The molecule has 2 aromatic carbocycles. The van der Waals surface area contributed by atoms with Gasteiger partial charge in [0.05, 0.1) is 11.6 Å². The number of halogens is 1. The number of aromatic carboxylic acids is 1. The fourth-order valence-corrected chi connectivity index (χ4v) is 4.15. The van der Waals surface area contributed by atoms with Crippen LogP contribution in [0.1, 0.15) is 33.2 Å². The number of alkyl halides is 1. The largest absolute Gasteiger partial charge is 0.480 e. The van der Waals surface area contributed by atoms with Crippen molar-refractivity contribution in [2.45, 2.75) is 18.5 Å². The van der Waals surface area contributed by atoms with E-state index >= 15 is 0 Å². The minimum atomic E-state index is -1.12. The van der Waals surface area contributed by atoms with Gasteiger partial charge in [-0.15, -0.1) is 11.6 Å². The Morgan fingerprint density at radius 2 is 1.76 bits per heavy atom. The molecule has 148 valence electrons. The highest BCUT2D eigenvalue weighted by atomic mass is 35.5. The van der Waals surface area contributed by atoms with Crippen molar-refractivity contribution in [2.75, 3.05) is 5.88 Å². The summed E-state index contributed by atoms with van der Waals surface area (Å²) in [4.78, 5) is 40.5. The fraction of sp³-hybridized carbons (Fsp3) is 0.190. The van der Waals surface area contributed by atoms with Crippen LogP contribution in [0.25, 0.3) is 10.9 Å². The first-order valence-corrected chi connectivity index (χ1v) is 9.48. The Hall–Kier alpha value is -3.32. The molecule has 3 aromatic rings. The Morgan fingerprint density at radius 1 is 1.07 bits per heavy atom. The van der Waals surface area contributed by atoms with Crippen LogP contribution in [0.5, 0.6) is 0 Å². The van der Waals surface area contributed by atoms with Gasteiger partial charge in [-0.1, -0.05) is 30.3 Å². The van der Waals surface area contributed by atoms with Crippen molar-refractivity contribution < 1.29 is 24.6 Å². The quantitative estimate of drug-likeness (QED) is 0.570. The van der Waals surface area contributed by atoms with Gasteiger partial charge < -0.3 is 20.1 Å². The summed E-state index contributed by atoms with van der Waals surface area (Å²) in [6.45, 7) is 0. The van der Waals surface area contributed by atoms with Crippen molar-refractivity contribution in [2.24, 2.45) is 0 Å². The highest BCUT2D eigenvalue weighted by Crippen LogP contribution is 2.41. The van der Waals surface area contributed by atoms with Crippen molar-refractivity contribution in [3.05, 3.63) is 70.9 Å². The van der Waals surface area contributed by atoms with Crippen molar-refractivity contribution in [1.29, 1.82) is 0 Å². The van der Waals surface area contributed by atoms with Gasteiger partial charge >= 0.3 is 11.9 Å². The average Bonchev–Trinajstić information content (AvgIpc) is 3.10. The number of aliphatic carboxylic acids is 1. The number of carboxylic acid groups (broad SMARTS) is 2. The number of H-pyrrole nitrogens is 1. The molecular weight excluding hydrogens is 396 g/mol. The molecule has 0 aliphatic carbocycles. The number of aromatic amines is 1. The molecule has 8 heteroatoms. The number of hydrogen-bond acceptors (Lipinski definition) is 3. The normalized spacial score (nSPS) is 18.4. The molecule has 0 saturated carbocycles. The average molecular weight is 413 g/mol. The van der Waals surface area contributed by atoms with Crippen LogP contribution in [0, 0.1) is 0 Å². The van der Waals surface area contributed by atoms with Crippen LogP contribution in [0.4, 0.5) is 0 Å². The summed E-state index contributed by atoms with van der Waals surface area (Å²) in [5, 5.41) is 19.9. The van der Waals surface area contributed by atoms with E-state index in [9.17, 15) is 19.5 Å². The molecule has 0 fully saturated rings. The van der Waals surface area contributed by atoms with Crippen molar-refractivity contribution in [1.82, 2.24) is 9.88 Å². The SMILES string of the molecule is O=C(O)c1ccc([C@H]2c3[nH]c4ccccc4c3C[C@H](C(=O)O)N2C(=O)CCl)cc1. The van der Waals surface area contributed by atoms with Crippen LogP contribution >= 0.6 is 11.6 Å². The summed E-state index contributed by atoms with van der Waals surface area (Å²) < 4.78 is 0. The molecule has 0 saturated heterocycles. The van der Waals surface area contributed by atoms with Gasteiger partial charge in [-0.25, -0.2) is 9.59 Å². The fourth-order valence-electron chi connectivity index (χ4n) is 4.01. The molecule has 29 heavy (non-hydrogen) atoms. The van der Waals surface area contributed by atoms with Gasteiger partial charge in [0.15, 0.2) is 0 Å². The predicted octanol–water partition coefficient (Wildman–Crippen LogP) is 3.03. The van der Waals surface area contributed by atoms with Gasteiger partial charge in [0, 0.05) is 23.0 Å². The molecule has 0 unspecified atom stereocenters. The number of carbonyl (C=O) groups excluding carboxylic acids is 1. The minimum absolute atomic E-state index is 0.103. The summed E-state index contributed by atoms with van der Waals surface area (Å²) in [5.41, 5.74) is 3.09. The number of rotatable bonds is 4. The first-order valence-electron chi connectivity index (χ1n) is 8.95. The molecule has 2 heterocycles. The van der Waals surface area contributed by atoms with Crippen LogP contribution in [-0.2, 0) is 16.0 Å². The zero-order valence-corrected chi connectivity index (χ0v) is 15.9. The molecule has 7 nitrogen and oxygen atoms in total. The molecule has 1 aliphatic heterocycles. The van der Waals surface area contributed by atoms with Crippen LogP contribution in [0.15, 0.2) is 48.5 Å². The maximum Gasteiger partial charge on any atom is 0.335 e. The third-order valence-electron chi connectivity index (χ3n) is 5.29. The van der Waals surface area contributed by atoms with Crippen molar-refractivity contribution in [3.8, 4) is 0 Å². The molecule has 2 atom stereocenters. The first-order chi connectivity index (χ1) is 13.9. The van der Waals surface area contributed by atoms with E-state index in [1.54, 1.807) is 12.1 Å². The van der Waals surface area contributed by atoms with Crippen LogP contribution in [0.3, 0.4) is 0 Å². The molecule has 1 aromatic heterocycles. The summed E-state index contributed by atoms with van der Waals surface area (Å²) in [7, 11) is 0. The number of nitrogens with zero attached hydrogens (tertiary/aromatic N) is 1. The molecule has 0 bridgehead atoms. The Kier molecular flexibility index (Phi) is 4.76. The molecular formula is C21H17ClN2O5. The summed E-state index contributed by atoms with van der Waals surface area (Å²) in [6.07, 6.45) is 0.154. The number of benzene rings is 2. The third kappa shape index (κ3) is 3.13. The molecule has 1 amide bonds. The number of carbonyl (C=O) groups is 3. The number of para-hydroxylation sites is 1. The summed E-state index contributed by atoms with van der Waals surface area (Å²) >= 11 is 5.81. The highest BCUT2D eigenvalue weighted by molar-refractivity contribution is 6.27. The van der Waals surface area contributed by atoms with Gasteiger partial charge in [-0.05, 0) is 29.3 Å². The second kappa shape index (κ2) is 7.25. The Labute approximate surface area is 170 Å². The van der Waals surface area contributed by atoms with E-state index in [0.717, 1.165) is 16.5 Å². The Morgan fingerprint density at radius 3 is 2.38 bits per heavy atom. The minimum Gasteiger partial charge on any atom is -0.480 e. The maximum absolute atomic E-state index is 12.7.